The van der Waals surface area contributed by atoms with E-state index in [4.69, 9.17) is 11.6 Å². The van der Waals surface area contributed by atoms with E-state index in [1.54, 1.807) is 6.07 Å². The summed E-state index contributed by atoms with van der Waals surface area (Å²) >= 11 is 6.01. The van der Waals surface area contributed by atoms with Gasteiger partial charge in [0, 0.05) is 12.6 Å². The topological polar surface area (TPSA) is 53.4 Å². The number of pyridine rings is 1. The summed E-state index contributed by atoms with van der Waals surface area (Å²) in [6, 6.07) is 3.51. The Balaban J connectivity index is 2.28. The molecule has 0 aliphatic heterocycles. The lowest BCUT2D eigenvalue weighted by Crippen LogP contribution is -2.35. The second-order valence-corrected chi connectivity index (χ2v) is 6.54. The van der Waals surface area contributed by atoms with Gasteiger partial charge in [0.25, 0.3) is 0 Å². The summed E-state index contributed by atoms with van der Waals surface area (Å²) < 4.78 is 0. The van der Waals surface area contributed by atoms with E-state index in [1.807, 2.05) is 0 Å². The molecule has 1 N–H and O–H groups in total. The predicted molar refractivity (Wildman–Crippen MR) is 85.3 cm³/mol. The summed E-state index contributed by atoms with van der Waals surface area (Å²) in [6.07, 6.45) is 5.82. The minimum atomic E-state index is -0.962. The number of hydrogen-bond donors (Lipinski definition) is 1. The van der Waals surface area contributed by atoms with Crippen LogP contribution in [0.25, 0.3) is 0 Å². The average Bonchev–Trinajstić information content (AvgIpc) is 2.92. The molecule has 1 heterocycles. The first kappa shape index (κ1) is 16.1. The van der Waals surface area contributed by atoms with Crippen LogP contribution in [0.1, 0.15) is 56.3 Å². The normalized spacial score (nSPS) is 15.6. The Morgan fingerprint density at radius 1 is 1.43 bits per heavy atom. The van der Waals surface area contributed by atoms with Crippen molar-refractivity contribution >= 4 is 23.4 Å². The van der Waals surface area contributed by atoms with Gasteiger partial charge in [-0.25, -0.2) is 9.78 Å². The lowest BCUT2D eigenvalue weighted by molar-refractivity contribution is 0.0696. The van der Waals surface area contributed by atoms with E-state index in [0.717, 1.165) is 25.8 Å². The van der Waals surface area contributed by atoms with Crippen LogP contribution in [0.2, 0.25) is 5.15 Å². The van der Waals surface area contributed by atoms with Crippen molar-refractivity contribution in [2.45, 2.75) is 52.0 Å². The SMILES string of the molecule is CC(C)CCN(c1cc(C(=O)O)cc(Cl)n1)C1CCCC1. The fraction of sp³-hybridized carbons (Fsp3) is 0.625. The number of rotatable bonds is 6. The summed E-state index contributed by atoms with van der Waals surface area (Å²) in [5.74, 6) is 0.343. The van der Waals surface area contributed by atoms with Gasteiger partial charge < -0.3 is 10.0 Å². The molecule has 1 aromatic heterocycles. The molecular formula is C16H23ClN2O2. The molecule has 1 aliphatic carbocycles. The van der Waals surface area contributed by atoms with E-state index >= 15 is 0 Å². The third-order valence-electron chi connectivity index (χ3n) is 4.03. The minimum absolute atomic E-state index is 0.206. The third-order valence-corrected chi connectivity index (χ3v) is 4.23. The van der Waals surface area contributed by atoms with E-state index in [-0.39, 0.29) is 10.7 Å². The van der Waals surface area contributed by atoms with Gasteiger partial charge in [-0.05, 0) is 37.3 Å². The zero-order valence-electron chi connectivity index (χ0n) is 12.7. The molecule has 1 saturated carbocycles. The minimum Gasteiger partial charge on any atom is -0.478 e. The molecule has 2 rings (SSSR count). The quantitative estimate of drug-likeness (QED) is 0.799. The molecule has 5 heteroatoms. The van der Waals surface area contributed by atoms with Crippen LogP contribution < -0.4 is 4.90 Å². The van der Waals surface area contributed by atoms with Crippen LogP contribution in [-0.2, 0) is 0 Å². The highest BCUT2D eigenvalue weighted by Gasteiger charge is 2.24. The molecule has 1 fully saturated rings. The van der Waals surface area contributed by atoms with Gasteiger partial charge in [0.05, 0.1) is 5.56 Å². The lowest BCUT2D eigenvalue weighted by Gasteiger charge is -2.31. The van der Waals surface area contributed by atoms with E-state index in [2.05, 4.69) is 23.7 Å². The fourth-order valence-corrected chi connectivity index (χ4v) is 3.06. The van der Waals surface area contributed by atoms with Gasteiger partial charge in [-0.3, -0.25) is 0 Å². The number of anilines is 1. The molecule has 0 amide bonds. The Labute approximate surface area is 131 Å². The van der Waals surface area contributed by atoms with Crippen molar-refractivity contribution in [2.75, 3.05) is 11.4 Å². The molecular weight excluding hydrogens is 288 g/mol. The smallest absolute Gasteiger partial charge is 0.335 e. The van der Waals surface area contributed by atoms with E-state index < -0.39 is 5.97 Å². The van der Waals surface area contributed by atoms with Crippen molar-refractivity contribution in [3.05, 3.63) is 22.8 Å². The summed E-state index contributed by atoms with van der Waals surface area (Å²) in [4.78, 5) is 17.8. The second-order valence-electron chi connectivity index (χ2n) is 6.16. The highest BCUT2D eigenvalue weighted by Crippen LogP contribution is 2.29. The van der Waals surface area contributed by atoms with Crippen molar-refractivity contribution < 1.29 is 9.90 Å². The van der Waals surface area contributed by atoms with Crippen molar-refractivity contribution in [1.29, 1.82) is 0 Å². The zero-order valence-corrected chi connectivity index (χ0v) is 13.4. The number of carbonyl (C=O) groups is 1. The van der Waals surface area contributed by atoms with Gasteiger partial charge in [-0.2, -0.15) is 0 Å². The second kappa shape index (κ2) is 7.12. The van der Waals surface area contributed by atoms with Gasteiger partial charge in [0.2, 0.25) is 0 Å². The van der Waals surface area contributed by atoms with Gasteiger partial charge in [-0.15, -0.1) is 0 Å². The summed E-state index contributed by atoms with van der Waals surface area (Å²) in [6.45, 7) is 5.29. The number of nitrogens with zero attached hydrogens (tertiary/aromatic N) is 2. The van der Waals surface area contributed by atoms with Crippen LogP contribution in [-0.4, -0.2) is 28.6 Å². The average molecular weight is 311 g/mol. The van der Waals surface area contributed by atoms with Crippen LogP contribution >= 0.6 is 11.6 Å². The molecule has 0 unspecified atom stereocenters. The number of aromatic carboxylic acids is 1. The largest absolute Gasteiger partial charge is 0.478 e. The molecule has 21 heavy (non-hydrogen) atoms. The number of carboxylic acid groups (broad SMARTS) is 1. The van der Waals surface area contributed by atoms with Crippen molar-refractivity contribution in [3.63, 3.8) is 0 Å². The molecule has 1 aromatic rings. The van der Waals surface area contributed by atoms with Gasteiger partial charge in [-0.1, -0.05) is 38.3 Å². The van der Waals surface area contributed by atoms with E-state index in [0.29, 0.717) is 17.8 Å². The highest BCUT2D eigenvalue weighted by atomic mass is 35.5. The van der Waals surface area contributed by atoms with Gasteiger partial charge in [0.1, 0.15) is 11.0 Å². The Morgan fingerprint density at radius 2 is 2.10 bits per heavy atom. The van der Waals surface area contributed by atoms with Gasteiger partial charge in [0.15, 0.2) is 0 Å². The number of halogens is 1. The monoisotopic (exact) mass is 310 g/mol. The molecule has 0 radical (unpaired) electrons. The van der Waals surface area contributed by atoms with Crippen LogP contribution in [0.3, 0.4) is 0 Å². The number of carboxylic acids is 1. The first-order chi connectivity index (χ1) is 9.97. The maximum atomic E-state index is 11.2. The lowest BCUT2D eigenvalue weighted by atomic mass is 10.1. The standard InChI is InChI=1S/C16H23ClN2O2/c1-11(2)7-8-19(13-5-3-4-6-13)15-10-12(16(20)21)9-14(17)18-15/h9-11,13H,3-8H2,1-2H3,(H,20,21). The molecule has 0 bridgehead atoms. The summed E-state index contributed by atoms with van der Waals surface area (Å²) in [5.41, 5.74) is 0.206. The molecule has 1 aliphatic rings. The highest BCUT2D eigenvalue weighted by molar-refractivity contribution is 6.29. The molecule has 116 valence electrons. The van der Waals surface area contributed by atoms with Crippen LogP contribution in [0.4, 0.5) is 5.82 Å². The maximum Gasteiger partial charge on any atom is 0.335 e. The Kier molecular flexibility index (Phi) is 5.45. The molecule has 4 nitrogen and oxygen atoms in total. The first-order valence-corrected chi connectivity index (χ1v) is 8.02. The van der Waals surface area contributed by atoms with E-state index in [9.17, 15) is 9.90 Å². The van der Waals surface area contributed by atoms with Crippen LogP contribution in [0.5, 0.6) is 0 Å². The van der Waals surface area contributed by atoms with Crippen LogP contribution in [0.15, 0.2) is 12.1 Å². The molecule has 0 atom stereocenters. The zero-order chi connectivity index (χ0) is 15.4. The Bertz CT molecular complexity index is 499. The molecule has 0 spiro atoms. The van der Waals surface area contributed by atoms with Crippen molar-refractivity contribution in [2.24, 2.45) is 5.92 Å². The number of hydrogen-bond acceptors (Lipinski definition) is 3. The van der Waals surface area contributed by atoms with Gasteiger partial charge >= 0.3 is 5.97 Å². The Morgan fingerprint density at radius 3 is 2.67 bits per heavy atom. The number of aromatic nitrogens is 1. The molecule has 0 saturated heterocycles. The first-order valence-electron chi connectivity index (χ1n) is 7.65. The fourth-order valence-electron chi connectivity index (χ4n) is 2.85. The predicted octanol–water partition coefficient (Wildman–Crippen LogP) is 4.23. The maximum absolute atomic E-state index is 11.2. The summed E-state index contributed by atoms with van der Waals surface area (Å²) in [5, 5.41) is 9.44. The third kappa shape index (κ3) is 4.34. The molecule has 0 aromatic carbocycles. The van der Waals surface area contributed by atoms with Crippen LogP contribution in [0, 0.1) is 5.92 Å². The summed E-state index contributed by atoms with van der Waals surface area (Å²) in [7, 11) is 0. The van der Waals surface area contributed by atoms with Crippen molar-refractivity contribution in [3.8, 4) is 0 Å². The van der Waals surface area contributed by atoms with E-state index in [1.165, 1.54) is 18.9 Å². The van der Waals surface area contributed by atoms with Crippen molar-refractivity contribution in [1.82, 2.24) is 4.98 Å². The Hall–Kier alpha value is -1.29.